The summed E-state index contributed by atoms with van der Waals surface area (Å²) in [5, 5.41) is 3.98. The Labute approximate surface area is 59.1 Å². The fraction of sp³-hybridized carbons (Fsp3) is 0.667. The van der Waals surface area contributed by atoms with Gasteiger partial charge < -0.3 is 0 Å². The monoisotopic (exact) mass is 142 g/mol. The standard InChI is InChI=1S/C6H10N2S/c1-4(2)6-5(3)9-8-7-6/h4H,1-3H3. The van der Waals surface area contributed by atoms with Gasteiger partial charge in [-0.2, -0.15) is 0 Å². The van der Waals surface area contributed by atoms with Crippen molar-refractivity contribution in [3.05, 3.63) is 10.6 Å². The van der Waals surface area contributed by atoms with E-state index in [9.17, 15) is 0 Å². The summed E-state index contributed by atoms with van der Waals surface area (Å²) in [6.07, 6.45) is 0. The van der Waals surface area contributed by atoms with Crippen LogP contribution in [-0.2, 0) is 0 Å². The van der Waals surface area contributed by atoms with Crippen molar-refractivity contribution < 1.29 is 0 Å². The van der Waals surface area contributed by atoms with Crippen LogP contribution in [0.5, 0.6) is 0 Å². The van der Waals surface area contributed by atoms with E-state index in [1.165, 1.54) is 16.4 Å². The highest BCUT2D eigenvalue weighted by Crippen LogP contribution is 2.17. The highest BCUT2D eigenvalue weighted by atomic mass is 32.1. The molecule has 0 radical (unpaired) electrons. The lowest BCUT2D eigenvalue weighted by molar-refractivity contribution is 0.805. The summed E-state index contributed by atoms with van der Waals surface area (Å²) in [6.45, 7) is 6.31. The number of aryl methyl sites for hydroxylation is 1. The molecule has 0 aliphatic carbocycles. The van der Waals surface area contributed by atoms with Gasteiger partial charge in [0.15, 0.2) is 0 Å². The van der Waals surface area contributed by atoms with E-state index in [2.05, 4.69) is 30.4 Å². The van der Waals surface area contributed by atoms with Crippen molar-refractivity contribution >= 4 is 11.5 Å². The van der Waals surface area contributed by atoms with Gasteiger partial charge >= 0.3 is 0 Å². The van der Waals surface area contributed by atoms with Crippen LogP contribution in [0.2, 0.25) is 0 Å². The number of hydrogen-bond acceptors (Lipinski definition) is 3. The molecule has 0 saturated heterocycles. The van der Waals surface area contributed by atoms with E-state index in [0.717, 1.165) is 5.69 Å². The molecular formula is C6H10N2S. The van der Waals surface area contributed by atoms with Crippen LogP contribution < -0.4 is 0 Å². The molecule has 2 nitrogen and oxygen atoms in total. The van der Waals surface area contributed by atoms with Gasteiger partial charge in [-0.15, -0.1) is 5.10 Å². The third kappa shape index (κ3) is 1.27. The SMILES string of the molecule is Cc1snnc1C(C)C. The van der Waals surface area contributed by atoms with Crippen molar-refractivity contribution in [1.29, 1.82) is 0 Å². The Hall–Kier alpha value is -0.440. The first kappa shape index (κ1) is 6.68. The molecule has 0 atom stereocenters. The van der Waals surface area contributed by atoms with Gasteiger partial charge in [-0.25, -0.2) is 0 Å². The second-order valence-corrected chi connectivity index (χ2v) is 3.33. The minimum absolute atomic E-state index is 0.517. The number of aromatic nitrogens is 2. The Morgan fingerprint density at radius 2 is 2.11 bits per heavy atom. The topological polar surface area (TPSA) is 25.8 Å². The average molecular weight is 142 g/mol. The van der Waals surface area contributed by atoms with E-state index in [1.54, 1.807) is 0 Å². The molecule has 0 unspecified atom stereocenters. The maximum atomic E-state index is 3.98. The predicted octanol–water partition coefficient (Wildman–Crippen LogP) is 1.97. The van der Waals surface area contributed by atoms with Crippen LogP contribution in [0.25, 0.3) is 0 Å². The first-order chi connectivity index (χ1) is 4.22. The van der Waals surface area contributed by atoms with Gasteiger partial charge in [0.2, 0.25) is 0 Å². The zero-order valence-corrected chi connectivity index (χ0v) is 6.70. The van der Waals surface area contributed by atoms with Crippen molar-refractivity contribution in [2.45, 2.75) is 26.7 Å². The Balaban J connectivity index is 2.94. The zero-order chi connectivity index (χ0) is 6.85. The predicted molar refractivity (Wildman–Crippen MR) is 38.7 cm³/mol. The van der Waals surface area contributed by atoms with E-state index >= 15 is 0 Å². The molecule has 9 heavy (non-hydrogen) atoms. The lowest BCUT2D eigenvalue weighted by Crippen LogP contribution is -1.88. The summed E-state index contributed by atoms with van der Waals surface area (Å²) in [6, 6.07) is 0. The molecule has 3 heteroatoms. The summed E-state index contributed by atoms with van der Waals surface area (Å²) in [5.41, 5.74) is 1.14. The van der Waals surface area contributed by atoms with Crippen LogP contribution in [-0.4, -0.2) is 9.59 Å². The third-order valence-corrected chi connectivity index (χ3v) is 1.88. The maximum absolute atomic E-state index is 3.98. The highest BCUT2D eigenvalue weighted by molar-refractivity contribution is 7.05. The fourth-order valence-electron chi connectivity index (χ4n) is 0.765. The van der Waals surface area contributed by atoms with Gasteiger partial charge in [-0.1, -0.05) is 18.3 Å². The van der Waals surface area contributed by atoms with Crippen molar-refractivity contribution in [3.63, 3.8) is 0 Å². The molecule has 0 N–H and O–H groups in total. The second-order valence-electron chi connectivity index (χ2n) is 2.37. The molecule has 0 aromatic carbocycles. The van der Waals surface area contributed by atoms with Crippen LogP contribution in [0.3, 0.4) is 0 Å². The van der Waals surface area contributed by atoms with Gasteiger partial charge in [-0.3, -0.25) is 0 Å². The van der Waals surface area contributed by atoms with Gasteiger partial charge in [0.25, 0.3) is 0 Å². The van der Waals surface area contributed by atoms with Gasteiger partial charge in [-0.05, 0) is 24.4 Å². The Bertz CT molecular complexity index is 193. The fourth-order valence-corrected chi connectivity index (χ4v) is 1.39. The molecule has 50 valence electrons. The Kier molecular flexibility index (Phi) is 1.81. The van der Waals surface area contributed by atoms with Crippen LogP contribution >= 0.6 is 11.5 Å². The summed E-state index contributed by atoms with van der Waals surface area (Å²) in [5.74, 6) is 0.517. The number of rotatable bonds is 1. The first-order valence-corrected chi connectivity index (χ1v) is 3.78. The second kappa shape index (κ2) is 2.43. The lowest BCUT2D eigenvalue weighted by atomic mass is 10.1. The van der Waals surface area contributed by atoms with Crippen LogP contribution in [0, 0.1) is 6.92 Å². The van der Waals surface area contributed by atoms with Gasteiger partial charge in [0.1, 0.15) is 0 Å². The van der Waals surface area contributed by atoms with Crippen molar-refractivity contribution in [2.24, 2.45) is 0 Å². The van der Waals surface area contributed by atoms with Crippen molar-refractivity contribution in [3.8, 4) is 0 Å². The zero-order valence-electron chi connectivity index (χ0n) is 5.88. The molecule has 1 aromatic rings. The van der Waals surface area contributed by atoms with E-state index in [4.69, 9.17) is 0 Å². The smallest absolute Gasteiger partial charge is 0.0809 e. The summed E-state index contributed by atoms with van der Waals surface area (Å²) in [4.78, 5) is 1.24. The number of hydrogen-bond donors (Lipinski definition) is 0. The molecule has 0 aliphatic rings. The van der Waals surface area contributed by atoms with Gasteiger partial charge in [0, 0.05) is 4.88 Å². The summed E-state index contributed by atoms with van der Waals surface area (Å²) in [7, 11) is 0. The normalized spacial score (nSPS) is 10.7. The molecule has 0 spiro atoms. The minimum atomic E-state index is 0.517. The number of nitrogens with zero attached hydrogens (tertiary/aromatic N) is 2. The third-order valence-electron chi connectivity index (χ3n) is 1.23. The van der Waals surface area contributed by atoms with E-state index in [-0.39, 0.29) is 0 Å². The largest absolute Gasteiger partial charge is 0.143 e. The maximum Gasteiger partial charge on any atom is 0.0809 e. The average Bonchev–Trinajstić information content (AvgIpc) is 2.13. The summed E-state index contributed by atoms with van der Waals surface area (Å²) < 4.78 is 3.83. The minimum Gasteiger partial charge on any atom is -0.143 e. The van der Waals surface area contributed by atoms with Crippen molar-refractivity contribution in [1.82, 2.24) is 9.59 Å². The van der Waals surface area contributed by atoms with Gasteiger partial charge in [0.05, 0.1) is 5.69 Å². The summed E-state index contributed by atoms with van der Waals surface area (Å²) >= 11 is 1.47. The molecule has 0 amide bonds. The Morgan fingerprint density at radius 1 is 1.44 bits per heavy atom. The quantitative estimate of drug-likeness (QED) is 0.599. The molecule has 0 saturated carbocycles. The van der Waals surface area contributed by atoms with Crippen LogP contribution in [0.1, 0.15) is 30.3 Å². The first-order valence-electron chi connectivity index (χ1n) is 3.00. The lowest BCUT2D eigenvalue weighted by Gasteiger charge is -1.97. The molecule has 0 aliphatic heterocycles. The van der Waals surface area contributed by atoms with E-state index in [1.807, 2.05) is 0 Å². The van der Waals surface area contributed by atoms with E-state index in [0.29, 0.717) is 5.92 Å². The molecule has 0 bridgehead atoms. The highest BCUT2D eigenvalue weighted by Gasteiger charge is 2.05. The molecule has 1 aromatic heterocycles. The van der Waals surface area contributed by atoms with Crippen LogP contribution in [0.4, 0.5) is 0 Å². The molecule has 1 heterocycles. The Morgan fingerprint density at radius 3 is 2.33 bits per heavy atom. The molecule has 1 rings (SSSR count). The molecule has 0 fully saturated rings. The van der Waals surface area contributed by atoms with E-state index < -0.39 is 0 Å². The van der Waals surface area contributed by atoms with Crippen molar-refractivity contribution in [2.75, 3.05) is 0 Å². The molecular weight excluding hydrogens is 132 g/mol. The van der Waals surface area contributed by atoms with Crippen LogP contribution in [0.15, 0.2) is 0 Å².